The van der Waals surface area contributed by atoms with Crippen molar-refractivity contribution in [1.29, 1.82) is 0 Å². The van der Waals surface area contributed by atoms with Crippen molar-refractivity contribution in [2.45, 2.75) is 13.8 Å². The number of fused-ring (bicyclic) bond motifs is 1. The van der Waals surface area contributed by atoms with Gasteiger partial charge in [-0.15, -0.1) is 0 Å². The number of carbonyl (C=O) groups is 1. The van der Waals surface area contributed by atoms with E-state index >= 15 is 0 Å². The van der Waals surface area contributed by atoms with E-state index in [0.717, 1.165) is 60.4 Å². The molecule has 1 aliphatic rings. The topological polar surface area (TPSA) is 57.7 Å². The Kier molecular flexibility index (Phi) is 5.75. The first kappa shape index (κ1) is 17.9. The molecule has 25 heavy (non-hydrogen) atoms. The number of hydrogen-bond donors (Lipinski definition) is 1. The van der Waals surface area contributed by atoms with E-state index in [9.17, 15) is 4.79 Å². The highest BCUT2D eigenvalue weighted by molar-refractivity contribution is 7.22. The predicted octanol–water partition coefficient (Wildman–Crippen LogP) is 2.20. The van der Waals surface area contributed by atoms with Crippen LogP contribution in [-0.4, -0.2) is 62.2 Å². The zero-order chi connectivity index (χ0) is 17.8. The summed E-state index contributed by atoms with van der Waals surface area (Å²) in [6.45, 7) is 9.39. The maximum Gasteiger partial charge on any atom is 0.222 e. The fraction of sp³-hybridized carbons (Fsp3) is 0.556. The molecule has 0 radical (unpaired) electrons. The summed E-state index contributed by atoms with van der Waals surface area (Å²) in [6, 6.07) is 6.02. The van der Waals surface area contributed by atoms with Crippen molar-refractivity contribution in [1.82, 2.24) is 15.2 Å². The number of rotatable bonds is 6. The Labute approximate surface area is 152 Å². The number of hydrogen-bond acceptors (Lipinski definition) is 6. The molecule has 1 N–H and O–H groups in total. The molecular weight excluding hydrogens is 336 g/mol. The van der Waals surface area contributed by atoms with Crippen LogP contribution in [0.25, 0.3) is 10.2 Å². The molecule has 7 heteroatoms. The second-order valence-electron chi connectivity index (χ2n) is 6.60. The molecule has 1 amide bonds. The fourth-order valence-corrected chi connectivity index (χ4v) is 3.90. The Morgan fingerprint density at radius 1 is 1.32 bits per heavy atom. The van der Waals surface area contributed by atoms with Gasteiger partial charge in [0.25, 0.3) is 0 Å². The van der Waals surface area contributed by atoms with Gasteiger partial charge in [0.1, 0.15) is 5.75 Å². The average Bonchev–Trinajstić information content (AvgIpc) is 3.05. The first-order valence-corrected chi connectivity index (χ1v) is 9.58. The highest BCUT2D eigenvalue weighted by Gasteiger charge is 2.20. The quantitative estimate of drug-likeness (QED) is 0.854. The van der Waals surface area contributed by atoms with Gasteiger partial charge in [0, 0.05) is 45.2 Å². The monoisotopic (exact) mass is 362 g/mol. The number of piperazine rings is 1. The highest BCUT2D eigenvalue weighted by atomic mass is 32.1. The maximum atomic E-state index is 11.6. The second kappa shape index (κ2) is 8.01. The number of ether oxygens (including phenoxy) is 1. The lowest BCUT2D eigenvalue weighted by atomic mass is 10.2. The number of amides is 1. The van der Waals surface area contributed by atoms with Gasteiger partial charge in [0.2, 0.25) is 5.91 Å². The number of benzene rings is 1. The fourth-order valence-electron chi connectivity index (χ4n) is 2.86. The minimum absolute atomic E-state index is 0.0505. The third kappa shape index (κ3) is 4.41. The van der Waals surface area contributed by atoms with Crippen LogP contribution in [0.3, 0.4) is 0 Å². The van der Waals surface area contributed by atoms with E-state index < -0.39 is 0 Å². The number of methoxy groups -OCH3 is 1. The van der Waals surface area contributed by atoms with Gasteiger partial charge in [-0.1, -0.05) is 25.2 Å². The van der Waals surface area contributed by atoms with E-state index in [1.54, 1.807) is 18.4 Å². The van der Waals surface area contributed by atoms with Crippen molar-refractivity contribution >= 4 is 32.6 Å². The van der Waals surface area contributed by atoms with Crippen LogP contribution in [0.1, 0.15) is 13.8 Å². The molecule has 2 heterocycles. The summed E-state index contributed by atoms with van der Waals surface area (Å²) in [5.41, 5.74) is 1.03. The maximum absolute atomic E-state index is 11.6. The van der Waals surface area contributed by atoms with Gasteiger partial charge < -0.3 is 15.0 Å². The van der Waals surface area contributed by atoms with Crippen molar-refractivity contribution in [3.05, 3.63) is 18.2 Å². The Balaban J connectivity index is 1.51. The lowest BCUT2D eigenvalue weighted by molar-refractivity contribution is -0.124. The number of anilines is 1. The molecule has 3 rings (SSSR count). The number of thiazole rings is 1. The summed E-state index contributed by atoms with van der Waals surface area (Å²) in [5, 5.41) is 4.06. The standard InChI is InChI=1S/C18H26N4O2S/c1-13(2)17(23)19-6-7-21-8-10-22(11-9-21)18-20-15-5-4-14(24-3)12-16(15)25-18/h4-5,12-13H,6-11H2,1-3H3,(H,19,23). The Bertz CT molecular complexity index is 723. The third-order valence-corrected chi connectivity index (χ3v) is 5.56. The summed E-state index contributed by atoms with van der Waals surface area (Å²) in [7, 11) is 1.69. The van der Waals surface area contributed by atoms with Crippen molar-refractivity contribution in [3.8, 4) is 5.75 Å². The SMILES string of the molecule is COc1ccc2nc(N3CCN(CCNC(=O)C(C)C)CC3)sc2c1. The smallest absolute Gasteiger partial charge is 0.222 e. The van der Waals surface area contributed by atoms with Crippen LogP contribution >= 0.6 is 11.3 Å². The van der Waals surface area contributed by atoms with E-state index in [4.69, 9.17) is 9.72 Å². The van der Waals surface area contributed by atoms with Gasteiger partial charge in [-0.05, 0) is 18.2 Å². The van der Waals surface area contributed by atoms with Crippen LogP contribution < -0.4 is 15.0 Å². The molecule has 0 saturated carbocycles. The number of aromatic nitrogens is 1. The molecule has 0 bridgehead atoms. The predicted molar refractivity (Wildman–Crippen MR) is 103 cm³/mol. The second-order valence-corrected chi connectivity index (χ2v) is 7.61. The number of carbonyl (C=O) groups excluding carboxylic acids is 1. The Morgan fingerprint density at radius 2 is 2.08 bits per heavy atom. The van der Waals surface area contributed by atoms with E-state index in [-0.39, 0.29) is 11.8 Å². The molecule has 1 saturated heterocycles. The minimum atomic E-state index is 0.0505. The van der Waals surface area contributed by atoms with E-state index in [0.29, 0.717) is 0 Å². The molecule has 0 unspecified atom stereocenters. The number of nitrogens with zero attached hydrogens (tertiary/aromatic N) is 3. The molecule has 0 aliphatic carbocycles. The van der Waals surface area contributed by atoms with Crippen LogP contribution in [-0.2, 0) is 4.79 Å². The van der Waals surface area contributed by atoms with Crippen LogP contribution in [0, 0.1) is 5.92 Å². The van der Waals surface area contributed by atoms with Gasteiger partial charge in [0.15, 0.2) is 5.13 Å². The molecule has 136 valence electrons. The number of nitrogens with one attached hydrogen (secondary N) is 1. The van der Waals surface area contributed by atoms with E-state index in [2.05, 4.69) is 15.1 Å². The highest BCUT2D eigenvalue weighted by Crippen LogP contribution is 2.31. The Hall–Kier alpha value is -1.86. The molecule has 1 aromatic heterocycles. The molecule has 1 aromatic carbocycles. The first-order chi connectivity index (χ1) is 12.1. The van der Waals surface area contributed by atoms with Gasteiger partial charge in [0.05, 0.1) is 17.3 Å². The molecule has 1 aliphatic heterocycles. The lowest BCUT2D eigenvalue weighted by Gasteiger charge is -2.34. The van der Waals surface area contributed by atoms with Crippen LogP contribution in [0.15, 0.2) is 18.2 Å². The van der Waals surface area contributed by atoms with Gasteiger partial charge in [-0.2, -0.15) is 0 Å². The summed E-state index contributed by atoms with van der Waals surface area (Å²) >= 11 is 1.72. The van der Waals surface area contributed by atoms with E-state index in [1.807, 2.05) is 32.0 Å². The lowest BCUT2D eigenvalue weighted by Crippen LogP contribution is -2.48. The zero-order valence-corrected chi connectivity index (χ0v) is 15.9. The third-order valence-electron chi connectivity index (χ3n) is 4.48. The van der Waals surface area contributed by atoms with Crippen molar-refractivity contribution < 1.29 is 9.53 Å². The molecule has 0 spiro atoms. The van der Waals surface area contributed by atoms with Gasteiger partial charge in [-0.25, -0.2) is 4.98 Å². The molecule has 1 fully saturated rings. The largest absolute Gasteiger partial charge is 0.497 e. The normalized spacial score (nSPS) is 15.8. The van der Waals surface area contributed by atoms with Gasteiger partial charge >= 0.3 is 0 Å². The summed E-state index contributed by atoms with van der Waals surface area (Å²) in [5.74, 6) is 1.05. The summed E-state index contributed by atoms with van der Waals surface area (Å²) in [4.78, 5) is 21.1. The van der Waals surface area contributed by atoms with Crippen LogP contribution in [0.5, 0.6) is 5.75 Å². The van der Waals surface area contributed by atoms with Gasteiger partial charge in [-0.3, -0.25) is 9.69 Å². The average molecular weight is 362 g/mol. The summed E-state index contributed by atoms with van der Waals surface area (Å²) in [6.07, 6.45) is 0. The minimum Gasteiger partial charge on any atom is -0.497 e. The van der Waals surface area contributed by atoms with Crippen molar-refractivity contribution in [3.63, 3.8) is 0 Å². The van der Waals surface area contributed by atoms with Crippen molar-refractivity contribution in [2.75, 3.05) is 51.3 Å². The van der Waals surface area contributed by atoms with Crippen LogP contribution in [0.4, 0.5) is 5.13 Å². The molecule has 0 atom stereocenters. The Morgan fingerprint density at radius 3 is 2.76 bits per heavy atom. The molecular formula is C18H26N4O2S. The van der Waals surface area contributed by atoms with E-state index in [1.165, 1.54) is 0 Å². The van der Waals surface area contributed by atoms with Crippen molar-refractivity contribution in [2.24, 2.45) is 5.92 Å². The van der Waals surface area contributed by atoms with Crippen LogP contribution in [0.2, 0.25) is 0 Å². The zero-order valence-electron chi connectivity index (χ0n) is 15.1. The molecule has 2 aromatic rings. The summed E-state index contributed by atoms with van der Waals surface area (Å²) < 4.78 is 6.45. The molecule has 6 nitrogen and oxygen atoms in total. The first-order valence-electron chi connectivity index (χ1n) is 8.76.